The van der Waals surface area contributed by atoms with Gasteiger partial charge in [-0.05, 0) is 50.2 Å². The van der Waals surface area contributed by atoms with Crippen molar-refractivity contribution in [3.05, 3.63) is 29.3 Å². The molecule has 2 N–H and O–H groups in total. The van der Waals surface area contributed by atoms with Gasteiger partial charge in [0.1, 0.15) is 0 Å². The molecule has 1 aliphatic rings. The number of aliphatic carboxylic acids is 1. The Labute approximate surface area is 144 Å². The van der Waals surface area contributed by atoms with Crippen LogP contribution in [0.1, 0.15) is 63.5 Å². The first-order valence-corrected chi connectivity index (χ1v) is 9.00. The molecule has 0 spiro atoms. The quantitative estimate of drug-likeness (QED) is 0.803. The fourth-order valence-corrected chi connectivity index (χ4v) is 3.92. The van der Waals surface area contributed by atoms with E-state index in [0.29, 0.717) is 0 Å². The SMILES string of the molecule is CCc1cccc(C)c1NC(=O)C(C)(CC(=O)O)C1CCCCC1. The Morgan fingerprint density at radius 2 is 1.92 bits per heavy atom. The van der Waals surface area contributed by atoms with E-state index in [4.69, 9.17) is 0 Å². The Balaban J connectivity index is 2.29. The maximum absolute atomic E-state index is 13.1. The van der Waals surface area contributed by atoms with Crippen LogP contribution in [0.25, 0.3) is 0 Å². The van der Waals surface area contributed by atoms with Gasteiger partial charge in [-0.3, -0.25) is 9.59 Å². The molecule has 4 nitrogen and oxygen atoms in total. The number of amides is 1. The Morgan fingerprint density at radius 1 is 1.25 bits per heavy atom. The Kier molecular flexibility index (Phi) is 6.03. The van der Waals surface area contributed by atoms with Gasteiger partial charge in [0, 0.05) is 5.69 Å². The number of hydrogen-bond acceptors (Lipinski definition) is 2. The predicted molar refractivity (Wildman–Crippen MR) is 96.1 cm³/mol. The summed E-state index contributed by atoms with van der Waals surface area (Å²) in [6, 6.07) is 5.98. The molecule has 24 heavy (non-hydrogen) atoms. The Bertz CT molecular complexity index is 605. The van der Waals surface area contributed by atoms with E-state index >= 15 is 0 Å². The molecule has 1 saturated carbocycles. The highest BCUT2D eigenvalue weighted by Crippen LogP contribution is 2.42. The van der Waals surface area contributed by atoms with Crippen LogP contribution in [0.5, 0.6) is 0 Å². The summed E-state index contributed by atoms with van der Waals surface area (Å²) >= 11 is 0. The number of hydrogen-bond donors (Lipinski definition) is 2. The van der Waals surface area contributed by atoms with Gasteiger partial charge in [-0.2, -0.15) is 0 Å². The van der Waals surface area contributed by atoms with Gasteiger partial charge in [0.15, 0.2) is 0 Å². The van der Waals surface area contributed by atoms with Crippen molar-refractivity contribution < 1.29 is 14.7 Å². The second-order valence-electron chi connectivity index (χ2n) is 7.24. The number of carboxylic acid groups (broad SMARTS) is 1. The Morgan fingerprint density at radius 3 is 2.50 bits per heavy atom. The minimum Gasteiger partial charge on any atom is -0.481 e. The number of benzene rings is 1. The van der Waals surface area contributed by atoms with Gasteiger partial charge in [-0.25, -0.2) is 0 Å². The van der Waals surface area contributed by atoms with Crippen molar-refractivity contribution in [1.29, 1.82) is 0 Å². The second-order valence-corrected chi connectivity index (χ2v) is 7.24. The van der Waals surface area contributed by atoms with E-state index in [2.05, 4.69) is 12.2 Å². The van der Waals surface area contributed by atoms with Crippen LogP contribution in [-0.4, -0.2) is 17.0 Å². The number of nitrogens with one attached hydrogen (secondary N) is 1. The highest BCUT2D eigenvalue weighted by Gasteiger charge is 2.43. The number of aryl methyl sites for hydroxylation is 2. The summed E-state index contributed by atoms with van der Waals surface area (Å²) in [6.45, 7) is 5.86. The minimum atomic E-state index is -0.904. The van der Waals surface area contributed by atoms with Crippen molar-refractivity contribution >= 4 is 17.6 Å². The number of para-hydroxylation sites is 1. The molecule has 132 valence electrons. The molecule has 1 amide bonds. The van der Waals surface area contributed by atoms with Gasteiger partial charge in [0.2, 0.25) is 5.91 Å². The summed E-state index contributed by atoms with van der Waals surface area (Å²) < 4.78 is 0. The van der Waals surface area contributed by atoms with E-state index in [-0.39, 0.29) is 18.2 Å². The highest BCUT2D eigenvalue weighted by atomic mass is 16.4. The molecule has 0 aromatic heterocycles. The van der Waals surface area contributed by atoms with Crippen LogP contribution >= 0.6 is 0 Å². The van der Waals surface area contributed by atoms with Gasteiger partial charge in [0.25, 0.3) is 0 Å². The molecule has 4 heteroatoms. The van der Waals surface area contributed by atoms with E-state index in [1.807, 2.05) is 32.0 Å². The first-order valence-electron chi connectivity index (χ1n) is 9.00. The molecule has 1 atom stereocenters. The third-order valence-electron chi connectivity index (χ3n) is 5.52. The second kappa shape index (κ2) is 7.82. The summed E-state index contributed by atoms with van der Waals surface area (Å²) in [5.41, 5.74) is 2.09. The fourth-order valence-electron chi connectivity index (χ4n) is 3.92. The first kappa shape index (κ1) is 18.5. The summed E-state index contributed by atoms with van der Waals surface area (Å²) in [6.07, 6.45) is 5.93. The third-order valence-corrected chi connectivity index (χ3v) is 5.52. The monoisotopic (exact) mass is 331 g/mol. The van der Waals surface area contributed by atoms with E-state index in [1.165, 1.54) is 6.42 Å². The van der Waals surface area contributed by atoms with Crippen molar-refractivity contribution in [2.45, 2.75) is 65.7 Å². The Hall–Kier alpha value is -1.84. The van der Waals surface area contributed by atoms with Crippen LogP contribution in [-0.2, 0) is 16.0 Å². The third kappa shape index (κ3) is 3.97. The smallest absolute Gasteiger partial charge is 0.304 e. The molecule has 1 fully saturated rings. The maximum atomic E-state index is 13.1. The van der Waals surface area contributed by atoms with Crippen LogP contribution in [0, 0.1) is 18.3 Å². The van der Waals surface area contributed by atoms with Gasteiger partial charge < -0.3 is 10.4 Å². The van der Waals surface area contributed by atoms with Crippen molar-refractivity contribution in [3.8, 4) is 0 Å². The average molecular weight is 331 g/mol. The molecule has 1 aromatic carbocycles. The van der Waals surface area contributed by atoms with Gasteiger partial charge in [-0.1, -0.05) is 44.4 Å². The van der Waals surface area contributed by atoms with Crippen molar-refractivity contribution in [2.75, 3.05) is 5.32 Å². The van der Waals surface area contributed by atoms with E-state index < -0.39 is 11.4 Å². The van der Waals surface area contributed by atoms with Crippen molar-refractivity contribution in [2.24, 2.45) is 11.3 Å². The zero-order valence-corrected chi connectivity index (χ0v) is 15.0. The number of carbonyl (C=O) groups excluding carboxylic acids is 1. The lowest BCUT2D eigenvalue weighted by Gasteiger charge is -2.38. The molecule has 1 aliphatic carbocycles. The number of carboxylic acids is 1. The molecule has 0 saturated heterocycles. The van der Waals surface area contributed by atoms with Crippen molar-refractivity contribution in [1.82, 2.24) is 0 Å². The molecule has 2 rings (SSSR count). The fraction of sp³-hybridized carbons (Fsp3) is 0.600. The predicted octanol–water partition coefficient (Wildman–Crippen LogP) is 4.56. The first-order chi connectivity index (χ1) is 11.4. The van der Waals surface area contributed by atoms with Crippen LogP contribution in [0.2, 0.25) is 0 Å². The molecule has 0 radical (unpaired) electrons. The van der Waals surface area contributed by atoms with Crippen LogP contribution in [0.4, 0.5) is 5.69 Å². The largest absolute Gasteiger partial charge is 0.481 e. The van der Waals surface area contributed by atoms with Gasteiger partial charge in [-0.15, -0.1) is 0 Å². The summed E-state index contributed by atoms with van der Waals surface area (Å²) in [5.74, 6) is -0.920. The lowest BCUT2D eigenvalue weighted by Crippen LogP contribution is -2.43. The van der Waals surface area contributed by atoms with E-state index in [9.17, 15) is 14.7 Å². The van der Waals surface area contributed by atoms with Gasteiger partial charge in [0.05, 0.1) is 11.8 Å². The average Bonchev–Trinajstić information content (AvgIpc) is 2.56. The van der Waals surface area contributed by atoms with Crippen LogP contribution in [0.3, 0.4) is 0 Å². The molecular formula is C20H29NO3. The molecule has 0 bridgehead atoms. The van der Waals surface area contributed by atoms with Gasteiger partial charge >= 0.3 is 5.97 Å². The zero-order valence-electron chi connectivity index (χ0n) is 15.0. The molecule has 1 unspecified atom stereocenters. The zero-order chi connectivity index (χ0) is 17.7. The highest BCUT2D eigenvalue weighted by molar-refractivity contribution is 5.98. The summed E-state index contributed by atoms with van der Waals surface area (Å²) in [5, 5.41) is 12.4. The lowest BCUT2D eigenvalue weighted by atomic mass is 9.67. The number of carbonyl (C=O) groups is 2. The lowest BCUT2D eigenvalue weighted by molar-refractivity contribution is -0.145. The van der Waals surface area contributed by atoms with Crippen molar-refractivity contribution in [3.63, 3.8) is 0 Å². The molecule has 0 aliphatic heterocycles. The summed E-state index contributed by atoms with van der Waals surface area (Å²) in [7, 11) is 0. The molecule has 1 aromatic rings. The topological polar surface area (TPSA) is 66.4 Å². The maximum Gasteiger partial charge on any atom is 0.304 e. The number of anilines is 1. The number of rotatable bonds is 6. The molecular weight excluding hydrogens is 302 g/mol. The summed E-state index contributed by atoms with van der Waals surface area (Å²) in [4.78, 5) is 24.5. The van der Waals surface area contributed by atoms with E-state index in [0.717, 1.165) is 48.9 Å². The van der Waals surface area contributed by atoms with Crippen LogP contribution < -0.4 is 5.32 Å². The van der Waals surface area contributed by atoms with E-state index in [1.54, 1.807) is 0 Å². The van der Waals surface area contributed by atoms with Crippen LogP contribution in [0.15, 0.2) is 18.2 Å². The normalized spacial score (nSPS) is 18.0. The molecule has 0 heterocycles. The minimum absolute atomic E-state index is 0.114. The standard InChI is InChI=1S/C20H29NO3/c1-4-15-10-8-9-14(2)18(15)21-19(24)20(3,13-17(22)23)16-11-6-5-7-12-16/h8-10,16H,4-7,11-13H2,1-3H3,(H,21,24)(H,22,23).